The fourth-order valence-corrected chi connectivity index (χ4v) is 4.56. The lowest BCUT2D eigenvalue weighted by Crippen LogP contribution is -2.25. The molecule has 0 saturated carbocycles. The number of aromatic hydroxyl groups is 1. The van der Waals surface area contributed by atoms with Crippen LogP contribution in [-0.2, 0) is 15.6 Å². The van der Waals surface area contributed by atoms with Crippen molar-refractivity contribution in [3.63, 3.8) is 0 Å². The van der Waals surface area contributed by atoms with Crippen molar-refractivity contribution < 1.29 is 14.6 Å². The molecule has 1 rings (SSSR count). The molecule has 0 aliphatic rings. The van der Waals surface area contributed by atoms with Crippen molar-refractivity contribution in [2.24, 2.45) is 0 Å². The Balaban J connectivity index is 2.34. The van der Waals surface area contributed by atoms with E-state index in [-0.39, 0.29) is 22.5 Å². The van der Waals surface area contributed by atoms with Crippen molar-refractivity contribution in [2.45, 2.75) is 149 Å². The zero-order valence-corrected chi connectivity index (χ0v) is 23.5. The van der Waals surface area contributed by atoms with Crippen LogP contribution in [0.2, 0.25) is 0 Å². The van der Waals surface area contributed by atoms with Crippen LogP contribution in [0.15, 0.2) is 12.1 Å². The molecule has 0 aliphatic carbocycles. The van der Waals surface area contributed by atoms with Crippen LogP contribution >= 0.6 is 0 Å². The summed E-state index contributed by atoms with van der Waals surface area (Å²) >= 11 is 0. The largest absolute Gasteiger partial charge is 0.508 e. The monoisotopic (exact) mass is 474 g/mol. The molecule has 0 radical (unpaired) electrons. The fourth-order valence-electron chi connectivity index (χ4n) is 4.56. The van der Waals surface area contributed by atoms with Gasteiger partial charge in [-0.3, -0.25) is 0 Å². The molecule has 0 saturated heterocycles. The number of hydrogen-bond acceptors (Lipinski definition) is 3. The molecule has 1 N–H and O–H groups in total. The zero-order chi connectivity index (χ0) is 25.6. The number of phenols is 1. The number of unbranched alkanes of at least 4 members (excludes halogenated alkanes) is 13. The molecule has 196 valence electrons. The standard InChI is InChI=1S/C31H54O3/c1-8-9-10-11-12-13-14-15-16-17-18-19-20-21-22-34-29(33)28-26(30(2,3)4)23-25(32)24-27(28)31(5,6)7/h23-24,32H,8-22H2,1-7H3. The Hall–Kier alpha value is -1.51. The van der Waals surface area contributed by atoms with Crippen LogP contribution in [0.1, 0.15) is 160 Å². The van der Waals surface area contributed by atoms with Crippen LogP contribution in [0.5, 0.6) is 5.75 Å². The van der Waals surface area contributed by atoms with E-state index in [1.807, 2.05) is 0 Å². The van der Waals surface area contributed by atoms with Crippen LogP contribution < -0.4 is 0 Å². The van der Waals surface area contributed by atoms with Gasteiger partial charge in [-0.05, 0) is 40.5 Å². The smallest absolute Gasteiger partial charge is 0.338 e. The Labute approximate surface area is 211 Å². The number of hydrogen-bond donors (Lipinski definition) is 1. The van der Waals surface area contributed by atoms with Crippen LogP contribution in [0, 0.1) is 0 Å². The minimum atomic E-state index is -0.262. The molecular formula is C31H54O3. The number of carbonyl (C=O) groups excluding carboxylic acids is 1. The first kappa shape index (κ1) is 30.5. The highest BCUT2D eigenvalue weighted by atomic mass is 16.5. The number of rotatable bonds is 16. The molecule has 34 heavy (non-hydrogen) atoms. The summed E-state index contributed by atoms with van der Waals surface area (Å²) in [5, 5.41) is 10.3. The molecule has 1 aromatic rings. The minimum Gasteiger partial charge on any atom is -0.508 e. The van der Waals surface area contributed by atoms with E-state index < -0.39 is 0 Å². The molecule has 0 heterocycles. The third kappa shape index (κ3) is 11.8. The molecule has 3 heteroatoms. The van der Waals surface area contributed by atoms with Gasteiger partial charge in [0.2, 0.25) is 0 Å². The van der Waals surface area contributed by atoms with Gasteiger partial charge < -0.3 is 9.84 Å². The second kappa shape index (κ2) is 15.5. The fraction of sp³-hybridized carbons (Fsp3) is 0.774. The van der Waals surface area contributed by atoms with Crippen molar-refractivity contribution in [2.75, 3.05) is 6.61 Å². The summed E-state index contributed by atoms with van der Waals surface area (Å²) in [6.45, 7) is 15.1. The number of phenolic OH excluding ortho intramolecular Hbond substituents is 1. The molecule has 0 unspecified atom stereocenters. The molecule has 3 nitrogen and oxygen atoms in total. The van der Waals surface area contributed by atoms with Gasteiger partial charge in [-0.2, -0.15) is 0 Å². The van der Waals surface area contributed by atoms with Gasteiger partial charge in [0.15, 0.2) is 0 Å². The second-order valence-corrected chi connectivity index (χ2v) is 12.1. The Bertz CT molecular complexity index is 671. The normalized spacial score (nSPS) is 12.2. The summed E-state index contributed by atoms with van der Waals surface area (Å²) in [5.74, 6) is -0.0529. The molecule has 1 aromatic carbocycles. The van der Waals surface area contributed by atoms with E-state index >= 15 is 0 Å². The third-order valence-electron chi connectivity index (χ3n) is 6.67. The number of benzene rings is 1. The number of ether oxygens (including phenoxy) is 1. The average Bonchev–Trinajstić information content (AvgIpc) is 2.74. The van der Waals surface area contributed by atoms with E-state index in [2.05, 4.69) is 48.5 Å². The van der Waals surface area contributed by atoms with Gasteiger partial charge >= 0.3 is 5.97 Å². The highest BCUT2D eigenvalue weighted by Crippen LogP contribution is 2.37. The maximum Gasteiger partial charge on any atom is 0.338 e. The van der Waals surface area contributed by atoms with Gasteiger partial charge in [0, 0.05) is 0 Å². The van der Waals surface area contributed by atoms with E-state index in [4.69, 9.17) is 4.74 Å². The molecule has 0 spiro atoms. The molecule has 0 bridgehead atoms. The highest BCUT2D eigenvalue weighted by molar-refractivity contribution is 5.94. The third-order valence-corrected chi connectivity index (χ3v) is 6.67. The average molecular weight is 475 g/mol. The Morgan fingerprint density at radius 1 is 0.676 bits per heavy atom. The lowest BCUT2D eigenvalue weighted by molar-refractivity contribution is 0.0492. The molecule has 0 fully saturated rings. The first-order valence-corrected chi connectivity index (χ1v) is 14.0. The maximum absolute atomic E-state index is 13.1. The molecule has 0 aromatic heterocycles. The summed E-state index contributed by atoms with van der Waals surface area (Å²) in [7, 11) is 0. The zero-order valence-electron chi connectivity index (χ0n) is 23.5. The van der Waals surface area contributed by atoms with E-state index in [1.54, 1.807) is 12.1 Å². The van der Waals surface area contributed by atoms with Crippen LogP contribution in [0.4, 0.5) is 0 Å². The molecular weight excluding hydrogens is 420 g/mol. The van der Waals surface area contributed by atoms with Gasteiger partial charge in [-0.15, -0.1) is 0 Å². The Kier molecular flexibility index (Phi) is 13.9. The topological polar surface area (TPSA) is 46.5 Å². The molecule has 0 atom stereocenters. The van der Waals surface area contributed by atoms with Crippen molar-refractivity contribution in [3.8, 4) is 5.75 Å². The Morgan fingerprint density at radius 2 is 1.03 bits per heavy atom. The van der Waals surface area contributed by atoms with Gasteiger partial charge in [0.25, 0.3) is 0 Å². The lowest BCUT2D eigenvalue weighted by atomic mass is 9.76. The van der Waals surface area contributed by atoms with Gasteiger partial charge in [-0.25, -0.2) is 4.79 Å². The number of carbonyl (C=O) groups is 1. The van der Waals surface area contributed by atoms with E-state index in [1.165, 1.54) is 77.0 Å². The molecule has 0 amide bonds. The summed E-state index contributed by atoms with van der Waals surface area (Å²) in [6.07, 6.45) is 18.4. The second-order valence-electron chi connectivity index (χ2n) is 12.1. The quantitative estimate of drug-likeness (QED) is 0.191. The van der Waals surface area contributed by atoms with Crippen molar-refractivity contribution in [1.29, 1.82) is 0 Å². The summed E-state index contributed by atoms with van der Waals surface area (Å²) in [5.41, 5.74) is 1.81. The highest BCUT2D eigenvalue weighted by Gasteiger charge is 2.31. The summed E-state index contributed by atoms with van der Waals surface area (Å²) < 4.78 is 5.73. The van der Waals surface area contributed by atoms with Gasteiger partial charge in [-0.1, -0.05) is 132 Å². The predicted molar refractivity (Wildman–Crippen MR) is 146 cm³/mol. The number of esters is 1. The van der Waals surface area contributed by atoms with Crippen LogP contribution in [0.25, 0.3) is 0 Å². The van der Waals surface area contributed by atoms with Gasteiger partial charge in [0.1, 0.15) is 5.75 Å². The summed E-state index contributed by atoms with van der Waals surface area (Å²) in [4.78, 5) is 13.1. The SMILES string of the molecule is CCCCCCCCCCCCCCCCOC(=O)c1c(C(C)(C)C)cc(O)cc1C(C)(C)C. The summed E-state index contributed by atoms with van der Waals surface area (Å²) in [6, 6.07) is 3.44. The first-order chi connectivity index (χ1) is 16.0. The molecule has 0 aliphatic heterocycles. The van der Waals surface area contributed by atoms with Crippen LogP contribution in [0.3, 0.4) is 0 Å². The van der Waals surface area contributed by atoms with E-state index in [0.717, 1.165) is 24.0 Å². The maximum atomic E-state index is 13.1. The van der Waals surface area contributed by atoms with Crippen molar-refractivity contribution >= 4 is 5.97 Å². The van der Waals surface area contributed by atoms with Crippen molar-refractivity contribution in [3.05, 3.63) is 28.8 Å². The van der Waals surface area contributed by atoms with E-state index in [0.29, 0.717) is 12.2 Å². The van der Waals surface area contributed by atoms with Crippen molar-refractivity contribution in [1.82, 2.24) is 0 Å². The predicted octanol–water partition coefficient (Wildman–Crippen LogP) is 9.63. The van der Waals surface area contributed by atoms with Gasteiger partial charge in [0.05, 0.1) is 12.2 Å². The lowest BCUT2D eigenvalue weighted by Gasteiger charge is -2.29. The van der Waals surface area contributed by atoms with Crippen LogP contribution in [-0.4, -0.2) is 17.7 Å². The minimum absolute atomic E-state index is 0.207. The Morgan fingerprint density at radius 3 is 1.38 bits per heavy atom. The first-order valence-electron chi connectivity index (χ1n) is 14.0. The van der Waals surface area contributed by atoms with E-state index in [9.17, 15) is 9.90 Å².